The molecule has 3 aromatic rings. The highest BCUT2D eigenvalue weighted by molar-refractivity contribution is 5.90. The molecular weight excluding hydrogens is 347 g/mol. The van der Waals surface area contributed by atoms with E-state index in [4.69, 9.17) is 0 Å². The smallest absolute Gasteiger partial charge is 0.255 e. The van der Waals surface area contributed by atoms with E-state index in [1.165, 1.54) is 16.7 Å². The highest BCUT2D eigenvalue weighted by atomic mass is 19.1. The Kier molecular flexibility index (Phi) is 5.30. The number of carbonyl (C=O) groups excluding carboxylic acids is 1. The van der Waals surface area contributed by atoms with Gasteiger partial charge in [-0.25, -0.2) is 9.37 Å². The third kappa shape index (κ3) is 4.58. The number of carbonyl (C=O) groups is 1. The van der Waals surface area contributed by atoms with E-state index in [2.05, 4.69) is 15.6 Å². The number of aromatic nitrogens is 2. The molecule has 0 spiro atoms. The van der Waals surface area contributed by atoms with Crippen LogP contribution in [0.15, 0.2) is 59.4 Å². The molecule has 138 valence electrons. The molecule has 0 aliphatic heterocycles. The van der Waals surface area contributed by atoms with Crippen LogP contribution in [0.4, 0.5) is 21.7 Å². The van der Waals surface area contributed by atoms with Crippen LogP contribution in [0.5, 0.6) is 0 Å². The lowest BCUT2D eigenvalue weighted by atomic mass is 10.2. The lowest BCUT2D eigenvalue weighted by molar-refractivity contribution is -0.116. The lowest BCUT2D eigenvalue weighted by Crippen LogP contribution is -2.30. The van der Waals surface area contributed by atoms with Crippen molar-refractivity contribution in [1.82, 2.24) is 9.55 Å². The zero-order chi connectivity index (χ0) is 19.4. The molecule has 2 aromatic carbocycles. The molecule has 1 amide bonds. The standard InChI is InChI=1S/C20H19FN4O2/c1-13-10-16(8-9-17(13)21)24-20-22-14(2)11-19(27)25(20)12-18(26)23-15-6-4-3-5-7-15/h3-11H,12H2,1-2H3,(H,22,24)(H,23,26). The molecule has 2 N–H and O–H groups in total. The number of hydrogen-bond acceptors (Lipinski definition) is 4. The van der Waals surface area contributed by atoms with Crippen molar-refractivity contribution in [3.8, 4) is 0 Å². The van der Waals surface area contributed by atoms with Crippen LogP contribution in [0, 0.1) is 19.7 Å². The summed E-state index contributed by atoms with van der Waals surface area (Å²) in [6.07, 6.45) is 0. The first kappa shape index (κ1) is 18.3. The quantitative estimate of drug-likeness (QED) is 0.726. The lowest BCUT2D eigenvalue weighted by Gasteiger charge is -2.14. The molecule has 0 saturated carbocycles. The van der Waals surface area contributed by atoms with Gasteiger partial charge in [-0.05, 0) is 49.7 Å². The Morgan fingerprint density at radius 3 is 2.52 bits per heavy atom. The second-order valence-corrected chi connectivity index (χ2v) is 6.15. The molecule has 7 heteroatoms. The molecule has 0 atom stereocenters. The van der Waals surface area contributed by atoms with E-state index in [0.717, 1.165) is 0 Å². The molecule has 6 nitrogen and oxygen atoms in total. The predicted octanol–water partition coefficient (Wildman–Crippen LogP) is 3.38. The molecule has 0 fully saturated rings. The normalized spacial score (nSPS) is 10.5. The molecule has 0 saturated heterocycles. The van der Waals surface area contributed by atoms with Crippen molar-refractivity contribution in [3.05, 3.63) is 82.0 Å². The summed E-state index contributed by atoms with van der Waals surface area (Å²) in [5, 5.41) is 5.73. The molecule has 0 bridgehead atoms. The summed E-state index contributed by atoms with van der Waals surface area (Å²) in [6.45, 7) is 3.13. The van der Waals surface area contributed by atoms with Gasteiger partial charge in [0.15, 0.2) is 0 Å². The minimum Gasteiger partial charge on any atom is -0.326 e. The fraction of sp³-hybridized carbons (Fsp3) is 0.150. The minimum atomic E-state index is -0.355. The number of anilines is 3. The van der Waals surface area contributed by atoms with E-state index in [9.17, 15) is 14.0 Å². The van der Waals surface area contributed by atoms with Gasteiger partial charge in [-0.15, -0.1) is 0 Å². The van der Waals surface area contributed by atoms with Gasteiger partial charge in [0.05, 0.1) is 0 Å². The van der Waals surface area contributed by atoms with E-state index in [0.29, 0.717) is 22.6 Å². The summed E-state index contributed by atoms with van der Waals surface area (Å²) in [6, 6.07) is 14.8. The third-order valence-corrected chi connectivity index (χ3v) is 3.91. The van der Waals surface area contributed by atoms with Crippen molar-refractivity contribution in [2.24, 2.45) is 0 Å². The maximum absolute atomic E-state index is 13.5. The molecule has 0 unspecified atom stereocenters. The summed E-state index contributed by atoms with van der Waals surface area (Å²) in [4.78, 5) is 29.1. The van der Waals surface area contributed by atoms with Gasteiger partial charge >= 0.3 is 0 Å². The molecule has 0 aliphatic rings. The molecule has 1 aromatic heterocycles. The fourth-order valence-electron chi connectivity index (χ4n) is 2.59. The average Bonchev–Trinajstić information content (AvgIpc) is 2.62. The first-order valence-corrected chi connectivity index (χ1v) is 8.39. The Bertz CT molecular complexity index is 1030. The fourth-order valence-corrected chi connectivity index (χ4v) is 2.59. The zero-order valence-electron chi connectivity index (χ0n) is 15.0. The van der Waals surface area contributed by atoms with Crippen molar-refractivity contribution < 1.29 is 9.18 Å². The Hall–Kier alpha value is -3.48. The van der Waals surface area contributed by atoms with Gasteiger partial charge in [0.1, 0.15) is 12.4 Å². The Balaban J connectivity index is 1.87. The molecule has 0 aliphatic carbocycles. The predicted molar refractivity (Wildman–Crippen MR) is 103 cm³/mol. The van der Waals surface area contributed by atoms with Gasteiger partial charge in [-0.1, -0.05) is 18.2 Å². The summed E-state index contributed by atoms with van der Waals surface area (Å²) < 4.78 is 14.7. The van der Waals surface area contributed by atoms with Crippen LogP contribution in [0.3, 0.4) is 0 Å². The van der Waals surface area contributed by atoms with Crippen molar-refractivity contribution in [2.45, 2.75) is 20.4 Å². The summed E-state index contributed by atoms with van der Waals surface area (Å²) in [5.41, 5.74) is 1.83. The first-order valence-electron chi connectivity index (χ1n) is 8.39. The van der Waals surface area contributed by atoms with Crippen molar-refractivity contribution in [3.63, 3.8) is 0 Å². The number of amides is 1. The molecule has 3 rings (SSSR count). The number of rotatable bonds is 5. The highest BCUT2D eigenvalue weighted by Gasteiger charge is 2.12. The number of halogens is 1. The van der Waals surface area contributed by atoms with E-state index < -0.39 is 0 Å². The molecule has 1 heterocycles. The molecule has 27 heavy (non-hydrogen) atoms. The largest absolute Gasteiger partial charge is 0.326 e. The second-order valence-electron chi connectivity index (χ2n) is 6.15. The van der Waals surface area contributed by atoms with Gasteiger partial charge in [0, 0.05) is 23.1 Å². The molecular formula is C20H19FN4O2. The van der Waals surface area contributed by atoms with Crippen LogP contribution >= 0.6 is 0 Å². The summed E-state index contributed by atoms with van der Waals surface area (Å²) in [5.74, 6) is -0.459. The number of nitrogens with one attached hydrogen (secondary N) is 2. The second kappa shape index (κ2) is 7.82. The highest BCUT2D eigenvalue weighted by Crippen LogP contribution is 2.18. The van der Waals surface area contributed by atoms with E-state index >= 15 is 0 Å². The van der Waals surface area contributed by atoms with Crippen LogP contribution < -0.4 is 16.2 Å². The SMILES string of the molecule is Cc1cc(=O)n(CC(=O)Nc2ccccc2)c(Nc2ccc(F)c(C)c2)n1. The van der Waals surface area contributed by atoms with Crippen molar-refractivity contribution in [1.29, 1.82) is 0 Å². The van der Waals surface area contributed by atoms with Crippen LogP contribution in [-0.2, 0) is 11.3 Å². The first-order chi connectivity index (χ1) is 12.9. The van der Waals surface area contributed by atoms with Crippen LogP contribution in [-0.4, -0.2) is 15.5 Å². The monoisotopic (exact) mass is 366 g/mol. The summed E-state index contributed by atoms with van der Waals surface area (Å²) >= 11 is 0. The van der Waals surface area contributed by atoms with E-state index in [1.54, 1.807) is 50.2 Å². The minimum absolute atomic E-state index is 0.205. The number of aryl methyl sites for hydroxylation is 2. The Labute approximate surface area is 155 Å². The topological polar surface area (TPSA) is 76.0 Å². The van der Waals surface area contributed by atoms with E-state index in [-0.39, 0.29) is 29.8 Å². The van der Waals surface area contributed by atoms with Gasteiger partial charge in [0.25, 0.3) is 5.56 Å². The maximum atomic E-state index is 13.5. The van der Waals surface area contributed by atoms with Gasteiger partial charge < -0.3 is 10.6 Å². The number of para-hydroxylation sites is 1. The van der Waals surface area contributed by atoms with Gasteiger partial charge in [-0.2, -0.15) is 0 Å². The van der Waals surface area contributed by atoms with Gasteiger partial charge in [-0.3, -0.25) is 14.2 Å². The third-order valence-electron chi connectivity index (χ3n) is 3.91. The van der Waals surface area contributed by atoms with Crippen LogP contribution in [0.1, 0.15) is 11.3 Å². The Morgan fingerprint density at radius 1 is 1.07 bits per heavy atom. The zero-order valence-corrected chi connectivity index (χ0v) is 15.0. The maximum Gasteiger partial charge on any atom is 0.255 e. The van der Waals surface area contributed by atoms with Crippen LogP contribution in [0.25, 0.3) is 0 Å². The summed E-state index contributed by atoms with van der Waals surface area (Å²) in [7, 11) is 0. The van der Waals surface area contributed by atoms with E-state index in [1.807, 2.05) is 6.07 Å². The van der Waals surface area contributed by atoms with Crippen molar-refractivity contribution >= 4 is 23.2 Å². The average molecular weight is 366 g/mol. The Morgan fingerprint density at radius 2 is 1.81 bits per heavy atom. The number of benzene rings is 2. The number of hydrogen-bond donors (Lipinski definition) is 2. The molecule has 0 radical (unpaired) electrons. The van der Waals surface area contributed by atoms with Crippen LogP contribution in [0.2, 0.25) is 0 Å². The van der Waals surface area contributed by atoms with Gasteiger partial charge in [0.2, 0.25) is 11.9 Å². The van der Waals surface area contributed by atoms with Crippen molar-refractivity contribution in [2.75, 3.05) is 10.6 Å². The number of nitrogens with zero attached hydrogens (tertiary/aromatic N) is 2.